The van der Waals surface area contributed by atoms with Crippen molar-refractivity contribution in [2.45, 2.75) is 78.8 Å². The summed E-state index contributed by atoms with van der Waals surface area (Å²) >= 11 is 0. The van der Waals surface area contributed by atoms with Crippen LogP contribution >= 0.6 is 0 Å². The Labute approximate surface area is 126 Å². The number of rotatable bonds is 3. The van der Waals surface area contributed by atoms with E-state index in [1.165, 1.54) is 45.2 Å². The third-order valence-electron chi connectivity index (χ3n) is 5.92. The van der Waals surface area contributed by atoms with E-state index in [1.807, 2.05) is 0 Å². The van der Waals surface area contributed by atoms with Gasteiger partial charge in [0.2, 0.25) is 0 Å². The molecule has 1 saturated heterocycles. The maximum Gasteiger partial charge on any atom is 0.0119 e. The van der Waals surface area contributed by atoms with Crippen LogP contribution in [0.2, 0.25) is 0 Å². The van der Waals surface area contributed by atoms with Crippen LogP contribution in [0.5, 0.6) is 0 Å². The van der Waals surface area contributed by atoms with Crippen LogP contribution in [0.15, 0.2) is 0 Å². The highest BCUT2D eigenvalue weighted by atomic mass is 15.2. The lowest BCUT2D eigenvalue weighted by molar-refractivity contribution is 0.0879. The lowest BCUT2D eigenvalue weighted by Gasteiger charge is -2.43. The van der Waals surface area contributed by atoms with E-state index in [2.05, 4.69) is 39.5 Å². The molecule has 0 aromatic heterocycles. The van der Waals surface area contributed by atoms with Gasteiger partial charge in [-0.1, -0.05) is 34.6 Å². The molecule has 0 spiro atoms. The molecule has 4 atom stereocenters. The van der Waals surface area contributed by atoms with Crippen LogP contribution in [-0.4, -0.2) is 30.1 Å². The van der Waals surface area contributed by atoms with E-state index in [4.69, 9.17) is 5.73 Å². The molecule has 0 aromatic rings. The molecule has 0 amide bonds. The minimum Gasteiger partial charge on any atom is -0.327 e. The molecule has 0 aromatic carbocycles. The van der Waals surface area contributed by atoms with Crippen LogP contribution in [0, 0.1) is 23.2 Å². The van der Waals surface area contributed by atoms with Gasteiger partial charge in [-0.25, -0.2) is 0 Å². The van der Waals surface area contributed by atoms with Gasteiger partial charge in [-0.3, -0.25) is 4.90 Å². The Hall–Kier alpha value is -0.0800. The van der Waals surface area contributed by atoms with Gasteiger partial charge < -0.3 is 5.73 Å². The van der Waals surface area contributed by atoms with Gasteiger partial charge in [0.15, 0.2) is 0 Å². The summed E-state index contributed by atoms with van der Waals surface area (Å²) in [5.74, 6) is 2.36. The fourth-order valence-corrected chi connectivity index (χ4v) is 4.42. The fourth-order valence-electron chi connectivity index (χ4n) is 4.42. The maximum atomic E-state index is 6.46. The SMILES string of the molecule is CC(C)C1CCCN1CC1CC(C(C)(C)C)CCC1N. The number of nitrogens with zero attached hydrogens (tertiary/aromatic N) is 1. The molecule has 1 heterocycles. The Balaban J connectivity index is 1.96. The third-order valence-corrected chi connectivity index (χ3v) is 5.92. The van der Waals surface area contributed by atoms with E-state index in [0.29, 0.717) is 17.4 Å². The number of nitrogens with two attached hydrogens (primary N) is 1. The highest BCUT2D eigenvalue weighted by molar-refractivity contribution is 4.91. The monoisotopic (exact) mass is 280 g/mol. The predicted molar refractivity (Wildman–Crippen MR) is 87.7 cm³/mol. The van der Waals surface area contributed by atoms with Gasteiger partial charge in [0.1, 0.15) is 0 Å². The Kier molecular flexibility index (Phi) is 5.18. The van der Waals surface area contributed by atoms with Crippen molar-refractivity contribution < 1.29 is 0 Å². The first-order valence-electron chi connectivity index (χ1n) is 8.78. The normalized spacial score (nSPS) is 36.8. The first kappa shape index (κ1) is 16.3. The molecule has 2 rings (SSSR count). The minimum absolute atomic E-state index is 0.432. The Morgan fingerprint density at radius 2 is 1.85 bits per heavy atom. The van der Waals surface area contributed by atoms with E-state index < -0.39 is 0 Å². The van der Waals surface area contributed by atoms with E-state index >= 15 is 0 Å². The topological polar surface area (TPSA) is 29.3 Å². The average Bonchev–Trinajstić information content (AvgIpc) is 2.78. The average molecular weight is 280 g/mol. The second-order valence-corrected chi connectivity index (χ2v) is 8.75. The Bertz CT molecular complexity index is 305. The zero-order valence-corrected chi connectivity index (χ0v) is 14.4. The van der Waals surface area contributed by atoms with E-state index in [-0.39, 0.29) is 0 Å². The van der Waals surface area contributed by atoms with Crippen molar-refractivity contribution in [3.63, 3.8) is 0 Å². The molecule has 118 valence electrons. The lowest BCUT2D eigenvalue weighted by Crippen LogP contribution is -2.46. The summed E-state index contributed by atoms with van der Waals surface area (Å²) in [5, 5.41) is 0. The van der Waals surface area contributed by atoms with Crippen LogP contribution in [0.25, 0.3) is 0 Å². The molecule has 1 saturated carbocycles. The van der Waals surface area contributed by atoms with Crippen molar-refractivity contribution in [1.82, 2.24) is 4.90 Å². The largest absolute Gasteiger partial charge is 0.327 e. The summed E-state index contributed by atoms with van der Waals surface area (Å²) in [4.78, 5) is 2.75. The summed E-state index contributed by atoms with van der Waals surface area (Å²) < 4.78 is 0. The summed E-state index contributed by atoms with van der Waals surface area (Å²) in [6.07, 6.45) is 6.67. The molecule has 2 nitrogen and oxygen atoms in total. The summed E-state index contributed by atoms with van der Waals surface area (Å²) in [7, 11) is 0. The van der Waals surface area contributed by atoms with Crippen molar-refractivity contribution >= 4 is 0 Å². The molecule has 1 aliphatic carbocycles. The number of hydrogen-bond donors (Lipinski definition) is 1. The second kappa shape index (κ2) is 6.36. The Morgan fingerprint density at radius 1 is 1.15 bits per heavy atom. The van der Waals surface area contributed by atoms with Crippen molar-refractivity contribution in [2.75, 3.05) is 13.1 Å². The molecule has 2 N–H and O–H groups in total. The fraction of sp³-hybridized carbons (Fsp3) is 1.00. The lowest BCUT2D eigenvalue weighted by atomic mass is 9.67. The summed E-state index contributed by atoms with van der Waals surface area (Å²) in [5.41, 5.74) is 6.90. The van der Waals surface area contributed by atoms with Gasteiger partial charge in [-0.05, 0) is 61.8 Å². The van der Waals surface area contributed by atoms with Crippen LogP contribution in [0.1, 0.15) is 66.7 Å². The zero-order valence-electron chi connectivity index (χ0n) is 14.4. The van der Waals surface area contributed by atoms with Gasteiger partial charge in [-0.2, -0.15) is 0 Å². The molecule has 0 bridgehead atoms. The summed E-state index contributed by atoms with van der Waals surface area (Å²) in [6, 6.07) is 1.24. The molecule has 1 aliphatic heterocycles. The van der Waals surface area contributed by atoms with Crippen LogP contribution in [0.3, 0.4) is 0 Å². The highest BCUT2D eigenvalue weighted by Gasteiger charge is 2.37. The number of hydrogen-bond acceptors (Lipinski definition) is 2. The highest BCUT2D eigenvalue weighted by Crippen LogP contribution is 2.40. The predicted octanol–water partition coefficient (Wildman–Crippen LogP) is 3.90. The Morgan fingerprint density at radius 3 is 2.45 bits per heavy atom. The van der Waals surface area contributed by atoms with Crippen molar-refractivity contribution in [3.05, 3.63) is 0 Å². The van der Waals surface area contributed by atoms with Crippen LogP contribution < -0.4 is 5.73 Å². The van der Waals surface area contributed by atoms with Crippen molar-refractivity contribution in [3.8, 4) is 0 Å². The van der Waals surface area contributed by atoms with E-state index in [0.717, 1.165) is 17.9 Å². The molecule has 0 radical (unpaired) electrons. The molecule has 4 unspecified atom stereocenters. The number of likely N-dealkylation sites (tertiary alicyclic amines) is 1. The first-order chi connectivity index (χ1) is 9.29. The smallest absolute Gasteiger partial charge is 0.0119 e. The van der Waals surface area contributed by atoms with Crippen molar-refractivity contribution in [2.24, 2.45) is 28.9 Å². The van der Waals surface area contributed by atoms with Gasteiger partial charge in [-0.15, -0.1) is 0 Å². The van der Waals surface area contributed by atoms with Crippen molar-refractivity contribution in [1.29, 1.82) is 0 Å². The molecule has 20 heavy (non-hydrogen) atoms. The summed E-state index contributed by atoms with van der Waals surface area (Å²) in [6.45, 7) is 14.5. The molecular weight excluding hydrogens is 244 g/mol. The molecule has 2 heteroatoms. The van der Waals surface area contributed by atoms with Crippen LogP contribution in [-0.2, 0) is 0 Å². The quantitative estimate of drug-likeness (QED) is 0.849. The molecule has 2 fully saturated rings. The van der Waals surface area contributed by atoms with Gasteiger partial charge >= 0.3 is 0 Å². The third kappa shape index (κ3) is 3.76. The van der Waals surface area contributed by atoms with Crippen LogP contribution in [0.4, 0.5) is 0 Å². The van der Waals surface area contributed by atoms with E-state index in [1.54, 1.807) is 0 Å². The first-order valence-corrected chi connectivity index (χ1v) is 8.78. The standard InChI is InChI=1S/C18H36N2/c1-13(2)17-7-6-10-20(17)12-14-11-15(18(3,4)5)8-9-16(14)19/h13-17H,6-12,19H2,1-5H3. The van der Waals surface area contributed by atoms with Gasteiger partial charge in [0, 0.05) is 18.6 Å². The van der Waals surface area contributed by atoms with Gasteiger partial charge in [0.05, 0.1) is 0 Å². The minimum atomic E-state index is 0.432. The maximum absolute atomic E-state index is 6.46. The zero-order chi connectivity index (χ0) is 14.9. The second-order valence-electron chi connectivity index (χ2n) is 8.75. The molecular formula is C18H36N2. The van der Waals surface area contributed by atoms with E-state index in [9.17, 15) is 0 Å². The molecule has 2 aliphatic rings. The van der Waals surface area contributed by atoms with Gasteiger partial charge in [0.25, 0.3) is 0 Å².